The van der Waals surface area contributed by atoms with Crippen LogP contribution in [0.2, 0.25) is 10.0 Å². The fourth-order valence-corrected chi connectivity index (χ4v) is 10.9. The third-order valence-electron chi connectivity index (χ3n) is 13.4. The Bertz CT molecular complexity index is 3070. The van der Waals surface area contributed by atoms with Gasteiger partial charge in [-0.25, -0.2) is 9.97 Å². The Morgan fingerprint density at radius 2 is 1.65 bits per heavy atom. The van der Waals surface area contributed by atoms with E-state index in [-0.39, 0.29) is 30.8 Å². The van der Waals surface area contributed by atoms with Gasteiger partial charge >= 0.3 is 6.18 Å². The van der Waals surface area contributed by atoms with Crippen molar-refractivity contribution in [1.82, 2.24) is 15.0 Å². The number of aromatic hydroxyl groups is 1. The summed E-state index contributed by atoms with van der Waals surface area (Å²) in [6.07, 6.45) is -0.610. The van der Waals surface area contributed by atoms with Crippen molar-refractivity contribution in [2.45, 2.75) is 30.9 Å². The second kappa shape index (κ2) is 14.8. The van der Waals surface area contributed by atoms with E-state index in [0.29, 0.717) is 73.5 Å². The van der Waals surface area contributed by atoms with Crippen LogP contribution in [0.25, 0.3) is 22.6 Å². The number of hydrogen-bond acceptors (Lipinski definition) is 10. The molecular weight excluding hydrogens is 886 g/mol. The molecule has 2 aliphatic carbocycles. The number of hydrazine groups is 1. The maximum absolute atomic E-state index is 15.6. The number of para-hydroxylation sites is 2. The third-order valence-corrected chi connectivity index (χ3v) is 13.9. The van der Waals surface area contributed by atoms with E-state index in [9.17, 15) is 27.9 Å². The summed E-state index contributed by atoms with van der Waals surface area (Å²) < 4.78 is 53.0. The largest absolute Gasteiger partial charge is 0.508 e. The minimum absolute atomic E-state index is 0.0272. The SMILES string of the molecule is O=C1C2CC3C(=CCC4C(=O)N(c5ccc(-c6nc7ccccc7o6)cc5)C(=O)C43)C(C3=COc4ccc(O)cc4C3)C2(c2ccc(Cl)cc2)C(=O)N1Nc1ncc(C(F)(F)F)cc1Cl. The van der Waals surface area contributed by atoms with Gasteiger partial charge in [0.2, 0.25) is 17.7 Å². The predicted octanol–water partition coefficient (Wildman–Crippen LogP) is 9.46. The summed E-state index contributed by atoms with van der Waals surface area (Å²) in [5.41, 5.74) is 4.15. The van der Waals surface area contributed by atoms with Gasteiger partial charge in [-0.15, -0.1) is 0 Å². The van der Waals surface area contributed by atoms with Crippen LogP contribution >= 0.6 is 23.2 Å². The second-order valence-electron chi connectivity index (χ2n) is 16.7. The molecule has 12 nitrogen and oxygen atoms in total. The minimum Gasteiger partial charge on any atom is -0.508 e. The zero-order valence-corrected chi connectivity index (χ0v) is 35.1. The molecule has 3 fully saturated rings. The Hall–Kier alpha value is -6.97. The molecule has 326 valence electrons. The zero-order valence-electron chi connectivity index (χ0n) is 33.6. The molecule has 0 spiro atoms. The molecule has 11 rings (SSSR count). The smallest absolute Gasteiger partial charge is 0.417 e. The van der Waals surface area contributed by atoms with Crippen LogP contribution in [0.4, 0.5) is 24.7 Å². The lowest BCUT2D eigenvalue weighted by molar-refractivity contribution is -0.139. The molecule has 65 heavy (non-hydrogen) atoms. The minimum atomic E-state index is -4.77. The first kappa shape index (κ1) is 40.8. The van der Waals surface area contributed by atoms with E-state index in [1.807, 2.05) is 24.3 Å². The van der Waals surface area contributed by atoms with Crippen molar-refractivity contribution < 1.29 is 46.6 Å². The van der Waals surface area contributed by atoms with Crippen LogP contribution in [0, 0.1) is 29.6 Å². The maximum atomic E-state index is 15.6. The van der Waals surface area contributed by atoms with Gasteiger partial charge in [-0.05, 0) is 103 Å². The van der Waals surface area contributed by atoms with E-state index in [1.165, 1.54) is 17.2 Å². The fourth-order valence-electron chi connectivity index (χ4n) is 10.6. The van der Waals surface area contributed by atoms with Crippen LogP contribution in [0.3, 0.4) is 0 Å². The number of ether oxygens (including phenoxy) is 1. The zero-order chi connectivity index (χ0) is 45.1. The number of imide groups is 2. The first-order chi connectivity index (χ1) is 31.2. The van der Waals surface area contributed by atoms with Gasteiger partial charge in [0, 0.05) is 34.7 Å². The normalized spacial score (nSPS) is 24.8. The van der Waals surface area contributed by atoms with Crippen molar-refractivity contribution in [3.63, 3.8) is 0 Å². The lowest BCUT2D eigenvalue weighted by Crippen LogP contribution is -2.55. The Morgan fingerprint density at radius 1 is 0.877 bits per heavy atom. The number of halogens is 5. The highest BCUT2D eigenvalue weighted by Gasteiger charge is 2.71. The van der Waals surface area contributed by atoms with Gasteiger partial charge in [0.25, 0.3) is 11.8 Å². The highest BCUT2D eigenvalue weighted by molar-refractivity contribution is 6.33. The summed E-state index contributed by atoms with van der Waals surface area (Å²) >= 11 is 12.7. The maximum Gasteiger partial charge on any atom is 0.417 e. The molecule has 2 saturated heterocycles. The van der Waals surface area contributed by atoms with Crippen LogP contribution in [0.5, 0.6) is 11.5 Å². The summed E-state index contributed by atoms with van der Waals surface area (Å²) in [5.74, 6) is -6.69. The number of hydrogen-bond donors (Lipinski definition) is 2. The number of rotatable bonds is 6. The van der Waals surface area contributed by atoms with Crippen LogP contribution in [-0.2, 0) is 37.2 Å². The first-order valence-electron chi connectivity index (χ1n) is 20.6. The molecule has 6 aromatic rings. The number of pyridine rings is 1. The molecule has 5 heterocycles. The number of allylic oxidation sites excluding steroid dienone is 3. The molecule has 6 unspecified atom stereocenters. The predicted molar refractivity (Wildman–Crippen MR) is 230 cm³/mol. The van der Waals surface area contributed by atoms with Gasteiger partial charge in [-0.3, -0.25) is 29.5 Å². The number of aromatic nitrogens is 2. The third kappa shape index (κ3) is 6.27. The lowest BCUT2D eigenvalue weighted by atomic mass is 9.48. The molecule has 3 aliphatic heterocycles. The van der Waals surface area contributed by atoms with E-state index in [2.05, 4.69) is 15.4 Å². The van der Waals surface area contributed by atoms with E-state index in [4.69, 9.17) is 32.4 Å². The van der Waals surface area contributed by atoms with Crippen LogP contribution in [-0.4, -0.2) is 43.7 Å². The number of benzene rings is 4. The van der Waals surface area contributed by atoms with Crippen molar-refractivity contribution in [2.75, 3.05) is 10.3 Å². The van der Waals surface area contributed by atoms with Gasteiger partial charge < -0.3 is 14.3 Å². The molecule has 2 N–H and O–H groups in total. The van der Waals surface area contributed by atoms with Crippen molar-refractivity contribution in [2.24, 2.45) is 29.6 Å². The van der Waals surface area contributed by atoms with Gasteiger partial charge in [-0.1, -0.05) is 59.1 Å². The monoisotopic (exact) mass is 917 g/mol. The molecule has 0 bridgehead atoms. The molecule has 17 heteroatoms. The van der Waals surface area contributed by atoms with Gasteiger partial charge in [0.15, 0.2) is 11.4 Å². The summed E-state index contributed by atoms with van der Waals surface area (Å²) in [5, 5.41) is 11.1. The number of anilines is 2. The van der Waals surface area contributed by atoms with Crippen molar-refractivity contribution in [3.05, 3.63) is 153 Å². The van der Waals surface area contributed by atoms with Gasteiger partial charge in [0.05, 0.1) is 45.7 Å². The highest BCUT2D eigenvalue weighted by atomic mass is 35.5. The van der Waals surface area contributed by atoms with E-state index in [1.54, 1.807) is 66.7 Å². The van der Waals surface area contributed by atoms with Crippen LogP contribution in [0.15, 0.2) is 131 Å². The van der Waals surface area contributed by atoms with Gasteiger partial charge in [-0.2, -0.15) is 18.2 Å². The van der Waals surface area contributed by atoms with Gasteiger partial charge in [0.1, 0.15) is 17.0 Å². The molecule has 5 aliphatic rings. The first-order valence-corrected chi connectivity index (χ1v) is 21.3. The highest BCUT2D eigenvalue weighted by Crippen LogP contribution is 2.63. The van der Waals surface area contributed by atoms with E-state index < -0.39 is 75.4 Å². The summed E-state index contributed by atoms with van der Waals surface area (Å²) in [6.45, 7) is 0. The Labute approximate surface area is 376 Å². The average molecular weight is 919 g/mol. The van der Waals surface area contributed by atoms with E-state index in [0.717, 1.165) is 5.01 Å². The number of fused-ring (bicyclic) bond motifs is 6. The summed E-state index contributed by atoms with van der Waals surface area (Å²) in [7, 11) is 0. The topological polar surface area (TPSA) is 155 Å². The van der Waals surface area contributed by atoms with Crippen molar-refractivity contribution >= 4 is 69.4 Å². The lowest BCUT2D eigenvalue weighted by Gasteiger charge is -2.51. The number of alkyl halides is 3. The molecule has 1 saturated carbocycles. The Morgan fingerprint density at radius 3 is 2.38 bits per heavy atom. The standard InChI is InChI=1S/C48H32Cl2F3N5O7/c49-28-9-7-26(8-10-28)47-34(44(61)58(46(47)63)56-41-35(50)19-27(21-54-41)48(51,52)53)20-33-31(40(47)25-17-24-18-30(59)13-16-37(24)64-22-25)14-15-32-39(33)45(62)57(43(32)60)29-11-5-23(6-12-29)42-55-36-3-1-2-4-38(36)65-42/h1-14,16,18-19,21-22,32-34,39-40,59H,15,17,20H2,(H,54,56). The molecule has 2 aromatic heterocycles. The number of nitrogens with zero attached hydrogens (tertiary/aromatic N) is 4. The van der Waals surface area contributed by atoms with Crippen LogP contribution in [0.1, 0.15) is 29.5 Å². The molecule has 6 atom stereocenters. The number of phenolic OH excluding ortho intramolecular Hbond substituents is 1. The van der Waals surface area contributed by atoms with Crippen LogP contribution < -0.4 is 15.1 Å². The molecular formula is C48H32Cl2F3N5O7. The van der Waals surface area contributed by atoms with E-state index >= 15 is 9.59 Å². The Kier molecular flexibility index (Phi) is 9.28. The van der Waals surface area contributed by atoms with Crippen molar-refractivity contribution in [3.8, 4) is 23.0 Å². The number of nitrogens with one attached hydrogen (secondary N) is 1. The summed E-state index contributed by atoms with van der Waals surface area (Å²) in [4.78, 5) is 69.6. The number of amides is 4. The second-order valence-corrected chi connectivity index (χ2v) is 17.6. The number of carbonyl (C=O) groups is 4. The average Bonchev–Trinajstić information content (AvgIpc) is 3.91. The molecule has 4 amide bonds. The summed E-state index contributed by atoms with van der Waals surface area (Å²) in [6, 6.07) is 25.8. The fraction of sp³-hybridized carbons (Fsp3) is 0.208. The number of oxazole rings is 1. The molecule has 0 radical (unpaired) electrons. The molecule has 4 aromatic carbocycles. The van der Waals surface area contributed by atoms with Crippen molar-refractivity contribution in [1.29, 1.82) is 0 Å². The Balaban J connectivity index is 1.02. The number of carbonyl (C=O) groups excluding carboxylic acids is 4. The number of phenols is 1. The quantitative estimate of drug-likeness (QED) is 0.122.